The fourth-order valence-corrected chi connectivity index (χ4v) is 4.18. The number of phenols is 1. The average molecular weight is 424 g/mol. The fraction of sp³-hybridized carbons (Fsp3) is 0.304. The van der Waals surface area contributed by atoms with Crippen molar-refractivity contribution in [2.75, 3.05) is 18.5 Å². The van der Waals surface area contributed by atoms with E-state index in [1.165, 1.54) is 0 Å². The third-order valence-electron chi connectivity index (χ3n) is 5.12. The van der Waals surface area contributed by atoms with Crippen molar-refractivity contribution in [3.8, 4) is 17.0 Å². The lowest BCUT2D eigenvalue weighted by molar-refractivity contribution is 0.0817. The third kappa shape index (κ3) is 4.98. The highest BCUT2D eigenvalue weighted by Crippen LogP contribution is 2.25. The summed E-state index contributed by atoms with van der Waals surface area (Å²) in [6.45, 7) is 3.49. The van der Waals surface area contributed by atoms with Crippen molar-refractivity contribution in [2.45, 2.75) is 32.4 Å². The molecule has 7 heteroatoms. The number of rotatable bonds is 6. The number of benzene rings is 2. The van der Waals surface area contributed by atoms with Gasteiger partial charge in [-0.2, -0.15) is 0 Å². The first-order valence-corrected chi connectivity index (χ1v) is 10.9. The molecule has 1 aliphatic heterocycles. The van der Waals surface area contributed by atoms with E-state index in [2.05, 4.69) is 10.3 Å². The summed E-state index contributed by atoms with van der Waals surface area (Å²) in [5.41, 5.74) is 3.28. The summed E-state index contributed by atoms with van der Waals surface area (Å²) in [7, 11) is 0. The molecule has 2 N–H and O–H groups in total. The summed E-state index contributed by atoms with van der Waals surface area (Å²) >= 11 is 1.60. The first-order chi connectivity index (χ1) is 14.6. The van der Waals surface area contributed by atoms with Crippen LogP contribution in [0, 0.1) is 6.92 Å². The Hall–Kier alpha value is -2.90. The highest BCUT2D eigenvalue weighted by molar-refractivity contribution is 7.09. The monoisotopic (exact) mass is 423 g/mol. The van der Waals surface area contributed by atoms with E-state index < -0.39 is 0 Å². The van der Waals surface area contributed by atoms with Gasteiger partial charge >= 0.3 is 6.03 Å². The predicted molar refractivity (Wildman–Crippen MR) is 119 cm³/mol. The Labute approximate surface area is 180 Å². The van der Waals surface area contributed by atoms with E-state index in [0.29, 0.717) is 24.3 Å². The number of carbonyl (C=O) groups is 1. The van der Waals surface area contributed by atoms with Gasteiger partial charge in [0.15, 0.2) is 0 Å². The van der Waals surface area contributed by atoms with Gasteiger partial charge in [0.25, 0.3) is 0 Å². The van der Waals surface area contributed by atoms with Gasteiger partial charge in [-0.05, 0) is 38.0 Å². The van der Waals surface area contributed by atoms with Gasteiger partial charge < -0.3 is 20.1 Å². The second-order valence-electron chi connectivity index (χ2n) is 7.41. The maximum Gasteiger partial charge on any atom is 0.322 e. The van der Waals surface area contributed by atoms with Gasteiger partial charge in [-0.1, -0.05) is 30.3 Å². The van der Waals surface area contributed by atoms with Crippen LogP contribution in [0.25, 0.3) is 11.3 Å². The molecule has 1 aliphatic rings. The molecule has 1 fully saturated rings. The molecule has 1 unspecified atom stereocenters. The van der Waals surface area contributed by atoms with Crippen LogP contribution in [0.3, 0.4) is 0 Å². The standard InChI is InChI=1S/C23H25N3O3S/c1-16-24-21(15-30-16)17-7-4-8-19(12-17)25-23(28)26(14-20-9-5-11-29-20)13-18-6-2-3-10-22(18)27/h2-4,6-8,10,12,15,20,27H,5,9,11,13-14H2,1H3,(H,25,28). The second kappa shape index (κ2) is 9.28. The number of nitrogens with zero attached hydrogens (tertiary/aromatic N) is 2. The molecule has 6 nitrogen and oxygen atoms in total. The number of nitrogens with one attached hydrogen (secondary N) is 1. The highest BCUT2D eigenvalue weighted by Gasteiger charge is 2.23. The number of hydrogen-bond donors (Lipinski definition) is 2. The van der Waals surface area contributed by atoms with Crippen LogP contribution in [0.15, 0.2) is 53.9 Å². The van der Waals surface area contributed by atoms with Crippen LogP contribution in [-0.2, 0) is 11.3 Å². The number of thiazole rings is 1. The molecule has 4 rings (SSSR count). The molecule has 0 bridgehead atoms. The van der Waals surface area contributed by atoms with Gasteiger partial charge in [-0.3, -0.25) is 0 Å². The van der Waals surface area contributed by atoms with Crippen molar-refractivity contribution in [1.29, 1.82) is 0 Å². The zero-order valence-corrected chi connectivity index (χ0v) is 17.7. The summed E-state index contributed by atoms with van der Waals surface area (Å²) in [6.07, 6.45) is 1.96. The smallest absolute Gasteiger partial charge is 0.322 e. The lowest BCUT2D eigenvalue weighted by atomic mass is 10.1. The predicted octanol–water partition coefficient (Wildman–Crippen LogP) is 5.04. The Morgan fingerprint density at radius 1 is 1.30 bits per heavy atom. The molecule has 2 heterocycles. The van der Waals surface area contributed by atoms with E-state index >= 15 is 0 Å². The molecule has 0 radical (unpaired) electrons. The minimum absolute atomic E-state index is 0.0194. The number of para-hydroxylation sites is 1. The number of aromatic hydroxyl groups is 1. The molecule has 3 aromatic rings. The summed E-state index contributed by atoms with van der Waals surface area (Å²) < 4.78 is 5.74. The van der Waals surface area contributed by atoms with Crippen LogP contribution in [0.2, 0.25) is 0 Å². The molecule has 1 aromatic heterocycles. The molecular weight excluding hydrogens is 398 g/mol. The first kappa shape index (κ1) is 20.4. The number of aryl methyl sites for hydroxylation is 1. The Morgan fingerprint density at radius 3 is 2.90 bits per heavy atom. The van der Waals surface area contributed by atoms with E-state index in [4.69, 9.17) is 4.74 Å². The van der Waals surface area contributed by atoms with Gasteiger partial charge in [0.05, 0.1) is 23.4 Å². The lowest BCUT2D eigenvalue weighted by Crippen LogP contribution is -2.39. The molecule has 0 spiro atoms. The van der Waals surface area contributed by atoms with Gasteiger partial charge in [0.2, 0.25) is 0 Å². The maximum atomic E-state index is 13.1. The van der Waals surface area contributed by atoms with Crippen LogP contribution in [-0.4, -0.2) is 40.3 Å². The van der Waals surface area contributed by atoms with Crippen LogP contribution in [0.4, 0.5) is 10.5 Å². The van der Waals surface area contributed by atoms with E-state index in [0.717, 1.165) is 35.7 Å². The van der Waals surface area contributed by atoms with Gasteiger partial charge in [-0.15, -0.1) is 11.3 Å². The fourth-order valence-electron chi connectivity index (χ4n) is 3.56. The second-order valence-corrected chi connectivity index (χ2v) is 8.47. The van der Waals surface area contributed by atoms with E-state index in [1.807, 2.05) is 48.7 Å². The van der Waals surface area contributed by atoms with Crippen LogP contribution in [0.5, 0.6) is 5.75 Å². The minimum atomic E-state index is -0.222. The van der Waals surface area contributed by atoms with Crippen LogP contribution >= 0.6 is 11.3 Å². The van der Waals surface area contributed by atoms with Crippen LogP contribution in [0.1, 0.15) is 23.4 Å². The third-order valence-corrected chi connectivity index (χ3v) is 5.89. The van der Waals surface area contributed by atoms with Crippen molar-refractivity contribution in [3.63, 3.8) is 0 Å². The molecule has 156 valence electrons. The molecule has 1 saturated heterocycles. The normalized spacial score (nSPS) is 15.8. The van der Waals surface area contributed by atoms with Crippen molar-refractivity contribution in [2.24, 2.45) is 0 Å². The Morgan fingerprint density at radius 2 is 2.17 bits per heavy atom. The SMILES string of the molecule is Cc1nc(-c2cccc(NC(=O)N(Cc3ccccc3O)CC3CCCO3)c2)cs1. The molecule has 0 aliphatic carbocycles. The van der Waals surface area contributed by atoms with E-state index in [9.17, 15) is 9.90 Å². The Kier molecular flexibility index (Phi) is 6.30. The summed E-state index contributed by atoms with van der Waals surface area (Å²) in [4.78, 5) is 19.4. The number of hydrogen-bond acceptors (Lipinski definition) is 5. The van der Waals surface area contributed by atoms with Crippen molar-refractivity contribution in [1.82, 2.24) is 9.88 Å². The van der Waals surface area contributed by atoms with Gasteiger partial charge in [0.1, 0.15) is 5.75 Å². The van der Waals surface area contributed by atoms with Crippen molar-refractivity contribution in [3.05, 3.63) is 64.5 Å². The lowest BCUT2D eigenvalue weighted by Gasteiger charge is -2.26. The molecule has 0 saturated carbocycles. The highest BCUT2D eigenvalue weighted by atomic mass is 32.1. The van der Waals surface area contributed by atoms with E-state index in [-0.39, 0.29) is 17.9 Å². The zero-order valence-electron chi connectivity index (χ0n) is 16.9. The Balaban J connectivity index is 1.51. The topological polar surface area (TPSA) is 74.7 Å². The number of aromatic nitrogens is 1. The summed E-state index contributed by atoms with van der Waals surface area (Å²) in [6, 6.07) is 14.6. The number of urea groups is 1. The Bertz CT molecular complexity index is 1010. The van der Waals surface area contributed by atoms with Gasteiger partial charge in [-0.25, -0.2) is 9.78 Å². The molecule has 30 heavy (non-hydrogen) atoms. The number of carbonyl (C=O) groups excluding carboxylic acids is 1. The summed E-state index contributed by atoms with van der Waals surface area (Å²) in [5, 5.41) is 16.2. The largest absolute Gasteiger partial charge is 0.508 e. The molecule has 2 aromatic carbocycles. The van der Waals surface area contributed by atoms with Crippen molar-refractivity contribution >= 4 is 23.1 Å². The molecule has 2 amide bonds. The number of amides is 2. The van der Waals surface area contributed by atoms with Crippen LogP contribution < -0.4 is 5.32 Å². The van der Waals surface area contributed by atoms with Crippen molar-refractivity contribution < 1.29 is 14.6 Å². The summed E-state index contributed by atoms with van der Waals surface area (Å²) in [5.74, 6) is 0.184. The number of ether oxygens (including phenoxy) is 1. The quantitative estimate of drug-likeness (QED) is 0.583. The minimum Gasteiger partial charge on any atom is -0.508 e. The maximum absolute atomic E-state index is 13.1. The molecular formula is C23H25N3O3S. The van der Waals surface area contributed by atoms with Gasteiger partial charge in [0, 0.05) is 35.3 Å². The van der Waals surface area contributed by atoms with E-state index in [1.54, 1.807) is 28.4 Å². The number of anilines is 1. The first-order valence-electron chi connectivity index (χ1n) is 10.1. The zero-order chi connectivity index (χ0) is 20.9. The number of phenolic OH excluding ortho intramolecular Hbond substituents is 1. The molecule has 1 atom stereocenters. The average Bonchev–Trinajstić information content (AvgIpc) is 3.41.